The van der Waals surface area contributed by atoms with Crippen molar-refractivity contribution in [3.8, 4) is 0 Å². The Morgan fingerprint density at radius 1 is 1.22 bits per heavy atom. The molecule has 1 atom stereocenters. The van der Waals surface area contributed by atoms with Gasteiger partial charge in [-0.1, -0.05) is 12.1 Å². The molecule has 1 heterocycles. The Balaban J connectivity index is 1.82. The first kappa shape index (κ1) is 17.9. The summed E-state index contributed by atoms with van der Waals surface area (Å²) < 4.78 is 0. The van der Waals surface area contributed by atoms with Crippen LogP contribution in [0.5, 0.6) is 0 Å². The van der Waals surface area contributed by atoms with E-state index < -0.39 is 0 Å². The van der Waals surface area contributed by atoms with E-state index in [0.29, 0.717) is 12.0 Å². The van der Waals surface area contributed by atoms with Crippen LogP contribution < -0.4 is 5.32 Å². The van der Waals surface area contributed by atoms with Gasteiger partial charge in [0.2, 0.25) is 0 Å². The zero-order valence-electron chi connectivity index (χ0n) is 14.3. The van der Waals surface area contributed by atoms with Gasteiger partial charge in [0, 0.05) is 50.9 Å². The second-order valence-electron chi connectivity index (χ2n) is 6.52. The Kier molecular flexibility index (Phi) is 7.02. The molecular weight excluding hydrogens is 290 g/mol. The van der Waals surface area contributed by atoms with Gasteiger partial charge in [-0.2, -0.15) is 0 Å². The fraction of sp³-hybridized carbons (Fsp3) is 0.611. The molecule has 128 valence electrons. The molecule has 0 spiro atoms. The molecule has 0 saturated carbocycles. The predicted octanol–water partition coefficient (Wildman–Crippen LogP) is 1.32. The third-order valence-electron chi connectivity index (χ3n) is 4.39. The first-order chi connectivity index (χ1) is 11.1. The maximum Gasteiger partial charge on any atom is 0.251 e. The summed E-state index contributed by atoms with van der Waals surface area (Å²) in [7, 11) is 2.16. The number of aliphatic hydroxyl groups is 1. The van der Waals surface area contributed by atoms with Gasteiger partial charge in [-0.25, -0.2) is 0 Å². The number of aliphatic hydroxyl groups excluding tert-OH is 1. The molecule has 1 aromatic rings. The number of amides is 1. The number of nitrogens with zero attached hydrogens (tertiary/aromatic N) is 2. The molecule has 1 unspecified atom stereocenters. The number of hydrogen-bond acceptors (Lipinski definition) is 4. The highest BCUT2D eigenvalue weighted by Gasteiger charge is 2.14. The Labute approximate surface area is 139 Å². The second-order valence-corrected chi connectivity index (χ2v) is 6.52. The van der Waals surface area contributed by atoms with E-state index in [1.807, 2.05) is 31.2 Å². The van der Waals surface area contributed by atoms with Gasteiger partial charge in [0.05, 0.1) is 0 Å². The summed E-state index contributed by atoms with van der Waals surface area (Å²) in [6.45, 7) is 7.51. The monoisotopic (exact) mass is 319 g/mol. The largest absolute Gasteiger partial charge is 0.396 e. The van der Waals surface area contributed by atoms with Gasteiger partial charge < -0.3 is 15.3 Å². The topological polar surface area (TPSA) is 55.8 Å². The van der Waals surface area contributed by atoms with Crippen LogP contribution in [0.1, 0.15) is 35.7 Å². The van der Waals surface area contributed by atoms with Gasteiger partial charge in [-0.05, 0) is 44.5 Å². The molecule has 0 radical (unpaired) electrons. The van der Waals surface area contributed by atoms with E-state index in [9.17, 15) is 4.79 Å². The fourth-order valence-electron chi connectivity index (χ4n) is 2.80. The van der Waals surface area contributed by atoms with Crippen molar-refractivity contribution in [3.63, 3.8) is 0 Å². The molecule has 5 nitrogen and oxygen atoms in total. The number of piperazine rings is 1. The molecule has 1 saturated heterocycles. The van der Waals surface area contributed by atoms with Crippen LogP contribution in [0, 0.1) is 0 Å². The smallest absolute Gasteiger partial charge is 0.251 e. The number of nitrogens with one attached hydrogen (secondary N) is 1. The van der Waals surface area contributed by atoms with Crippen molar-refractivity contribution in [2.24, 2.45) is 0 Å². The molecule has 0 bridgehead atoms. The van der Waals surface area contributed by atoms with E-state index in [0.717, 1.165) is 39.1 Å². The molecule has 2 rings (SSSR count). The fourth-order valence-corrected chi connectivity index (χ4v) is 2.80. The maximum absolute atomic E-state index is 12.2. The van der Waals surface area contributed by atoms with Crippen molar-refractivity contribution in [1.29, 1.82) is 0 Å². The van der Waals surface area contributed by atoms with Crippen LogP contribution >= 0.6 is 0 Å². The van der Waals surface area contributed by atoms with Crippen molar-refractivity contribution < 1.29 is 9.90 Å². The molecule has 0 aromatic heterocycles. The van der Waals surface area contributed by atoms with Crippen molar-refractivity contribution in [3.05, 3.63) is 35.4 Å². The summed E-state index contributed by atoms with van der Waals surface area (Å²) in [5.41, 5.74) is 1.95. The number of carbonyl (C=O) groups excluding carboxylic acids is 1. The molecule has 1 aromatic carbocycles. The second kappa shape index (κ2) is 9.01. The van der Waals surface area contributed by atoms with Crippen LogP contribution in [0.15, 0.2) is 24.3 Å². The number of carbonyl (C=O) groups is 1. The molecule has 0 aliphatic carbocycles. The molecule has 1 amide bonds. The van der Waals surface area contributed by atoms with Gasteiger partial charge in [0.1, 0.15) is 0 Å². The lowest BCUT2D eigenvalue weighted by Gasteiger charge is -2.32. The average molecular weight is 319 g/mol. The maximum atomic E-state index is 12.2. The average Bonchev–Trinajstić information content (AvgIpc) is 2.55. The molecule has 23 heavy (non-hydrogen) atoms. The third kappa shape index (κ3) is 5.94. The quantitative estimate of drug-likeness (QED) is 0.796. The van der Waals surface area contributed by atoms with Crippen LogP contribution in [0.2, 0.25) is 0 Å². The Morgan fingerprint density at radius 3 is 2.48 bits per heavy atom. The molecule has 2 N–H and O–H groups in total. The SMILES string of the molecule is CC(CCCO)NC(=O)c1ccc(CN2CCN(C)CC2)cc1. The van der Waals surface area contributed by atoms with Gasteiger partial charge in [-0.3, -0.25) is 9.69 Å². The molecule has 1 fully saturated rings. The van der Waals surface area contributed by atoms with Gasteiger partial charge in [-0.15, -0.1) is 0 Å². The minimum Gasteiger partial charge on any atom is -0.396 e. The van der Waals surface area contributed by atoms with Crippen LogP contribution in [-0.2, 0) is 6.54 Å². The van der Waals surface area contributed by atoms with E-state index in [-0.39, 0.29) is 18.6 Å². The van der Waals surface area contributed by atoms with E-state index in [1.165, 1.54) is 5.56 Å². The zero-order chi connectivity index (χ0) is 16.7. The first-order valence-corrected chi connectivity index (χ1v) is 8.50. The normalized spacial score (nSPS) is 17.9. The highest BCUT2D eigenvalue weighted by atomic mass is 16.3. The summed E-state index contributed by atoms with van der Waals surface area (Å²) in [5, 5.41) is 11.8. The van der Waals surface area contributed by atoms with Gasteiger partial charge in [0.15, 0.2) is 0 Å². The van der Waals surface area contributed by atoms with Crippen molar-refractivity contribution in [2.45, 2.75) is 32.4 Å². The van der Waals surface area contributed by atoms with Crippen molar-refractivity contribution >= 4 is 5.91 Å². The summed E-state index contributed by atoms with van der Waals surface area (Å²) in [6.07, 6.45) is 1.51. The third-order valence-corrected chi connectivity index (χ3v) is 4.39. The van der Waals surface area contributed by atoms with Crippen LogP contribution in [-0.4, -0.2) is 66.7 Å². The lowest BCUT2D eigenvalue weighted by Crippen LogP contribution is -2.43. The van der Waals surface area contributed by atoms with Crippen molar-refractivity contribution in [1.82, 2.24) is 15.1 Å². The first-order valence-electron chi connectivity index (χ1n) is 8.50. The number of hydrogen-bond donors (Lipinski definition) is 2. The van der Waals surface area contributed by atoms with E-state index >= 15 is 0 Å². The van der Waals surface area contributed by atoms with Crippen molar-refractivity contribution in [2.75, 3.05) is 39.8 Å². The Hall–Kier alpha value is -1.43. The minimum absolute atomic E-state index is 0.0402. The van der Waals surface area contributed by atoms with E-state index in [2.05, 4.69) is 22.2 Å². The van der Waals surface area contributed by atoms with E-state index in [1.54, 1.807) is 0 Å². The minimum atomic E-state index is -0.0402. The summed E-state index contributed by atoms with van der Waals surface area (Å²) in [6, 6.07) is 7.98. The van der Waals surface area contributed by atoms with Crippen LogP contribution in [0.25, 0.3) is 0 Å². The molecular formula is C18H29N3O2. The lowest BCUT2D eigenvalue weighted by molar-refractivity contribution is 0.0936. The summed E-state index contributed by atoms with van der Waals surface area (Å²) in [5.74, 6) is -0.0402. The van der Waals surface area contributed by atoms with Crippen LogP contribution in [0.4, 0.5) is 0 Å². The lowest BCUT2D eigenvalue weighted by atomic mass is 10.1. The zero-order valence-corrected chi connectivity index (χ0v) is 14.3. The van der Waals surface area contributed by atoms with Gasteiger partial charge >= 0.3 is 0 Å². The summed E-state index contributed by atoms with van der Waals surface area (Å²) >= 11 is 0. The van der Waals surface area contributed by atoms with E-state index in [4.69, 9.17) is 5.11 Å². The molecule has 5 heteroatoms. The standard InChI is InChI=1S/C18H29N3O2/c1-15(4-3-13-22)19-18(23)17-7-5-16(6-8-17)14-21-11-9-20(2)10-12-21/h5-8,15,22H,3-4,9-14H2,1-2H3,(H,19,23). The highest BCUT2D eigenvalue weighted by Crippen LogP contribution is 2.10. The summed E-state index contributed by atoms with van der Waals surface area (Å²) in [4.78, 5) is 17.0. The molecule has 1 aliphatic heterocycles. The van der Waals surface area contributed by atoms with Gasteiger partial charge in [0.25, 0.3) is 5.91 Å². The number of likely N-dealkylation sites (N-methyl/N-ethyl adjacent to an activating group) is 1. The number of rotatable bonds is 7. The van der Waals surface area contributed by atoms with Crippen LogP contribution in [0.3, 0.4) is 0 Å². The molecule has 1 aliphatic rings. The number of benzene rings is 1. The Bertz CT molecular complexity index is 482. The highest BCUT2D eigenvalue weighted by molar-refractivity contribution is 5.94. The predicted molar refractivity (Wildman–Crippen MR) is 92.5 cm³/mol. The Morgan fingerprint density at radius 2 is 1.87 bits per heavy atom.